The second kappa shape index (κ2) is 8.59. The lowest BCUT2D eigenvalue weighted by atomic mass is 10.0. The van der Waals surface area contributed by atoms with Gasteiger partial charge in [0.05, 0.1) is 12.6 Å². The molecule has 152 valence electrons. The first-order valence-corrected chi connectivity index (χ1v) is 10.5. The average molecular weight is 421 g/mol. The molecule has 30 heavy (non-hydrogen) atoms. The highest BCUT2D eigenvalue weighted by atomic mass is 32.1. The summed E-state index contributed by atoms with van der Waals surface area (Å²) >= 11 is 1.61. The van der Waals surface area contributed by atoms with E-state index in [0.29, 0.717) is 23.5 Å². The van der Waals surface area contributed by atoms with Crippen molar-refractivity contribution >= 4 is 29.0 Å². The van der Waals surface area contributed by atoms with Crippen LogP contribution in [0.3, 0.4) is 0 Å². The molecule has 7 heteroatoms. The molecule has 2 N–H and O–H groups in total. The van der Waals surface area contributed by atoms with Crippen LogP contribution >= 0.6 is 11.3 Å². The number of benzene rings is 2. The molecule has 0 spiro atoms. The predicted octanol–water partition coefficient (Wildman–Crippen LogP) is 4.46. The maximum absolute atomic E-state index is 13.1. The molecule has 2 aromatic carbocycles. The lowest BCUT2D eigenvalue weighted by Crippen LogP contribution is -2.31. The molecule has 0 saturated carbocycles. The van der Waals surface area contributed by atoms with Crippen molar-refractivity contribution in [1.82, 2.24) is 10.6 Å². The third-order valence-electron chi connectivity index (χ3n) is 4.97. The summed E-state index contributed by atoms with van der Waals surface area (Å²) < 4.78 is 13.1. The molecule has 1 unspecified atom stereocenters. The maximum atomic E-state index is 13.1. The van der Waals surface area contributed by atoms with E-state index in [2.05, 4.69) is 15.6 Å². The van der Waals surface area contributed by atoms with Crippen LogP contribution in [0.15, 0.2) is 65.0 Å². The molecule has 0 bridgehead atoms. The zero-order valence-electron chi connectivity index (χ0n) is 16.3. The summed E-state index contributed by atoms with van der Waals surface area (Å²) in [6.45, 7) is 2.46. The minimum Gasteiger partial charge on any atom is -0.344 e. The van der Waals surface area contributed by atoms with E-state index < -0.39 is 5.82 Å². The van der Waals surface area contributed by atoms with Gasteiger partial charge in [0.15, 0.2) is 0 Å². The van der Waals surface area contributed by atoms with Crippen molar-refractivity contribution in [3.63, 3.8) is 0 Å². The van der Waals surface area contributed by atoms with Crippen LogP contribution in [-0.2, 0) is 6.54 Å². The van der Waals surface area contributed by atoms with E-state index in [-0.39, 0.29) is 17.9 Å². The number of rotatable bonds is 5. The van der Waals surface area contributed by atoms with Gasteiger partial charge in [-0.1, -0.05) is 19.1 Å². The lowest BCUT2D eigenvalue weighted by Gasteiger charge is -2.16. The number of nitrogens with one attached hydrogen (secondary N) is 2. The zero-order chi connectivity index (χ0) is 21.1. The smallest absolute Gasteiger partial charge is 0.256 e. The highest BCUT2D eigenvalue weighted by Gasteiger charge is 2.22. The Labute approximate surface area is 177 Å². The fourth-order valence-electron chi connectivity index (χ4n) is 3.32. The van der Waals surface area contributed by atoms with E-state index in [4.69, 9.17) is 0 Å². The van der Waals surface area contributed by atoms with E-state index in [9.17, 15) is 14.0 Å². The van der Waals surface area contributed by atoms with Gasteiger partial charge in [-0.15, -0.1) is 11.3 Å². The monoisotopic (exact) mass is 421 g/mol. The zero-order valence-corrected chi connectivity index (χ0v) is 17.1. The van der Waals surface area contributed by atoms with Crippen molar-refractivity contribution in [2.45, 2.75) is 25.9 Å². The Balaban J connectivity index is 1.50. The Bertz CT molecular complexity index is 1110. The first-order valence-electron chi connectivity index (χ1n) is 9.64. The highest BCUT2D eigenvalue weighted by Crippen LogP contribution is 2.24. The van der Waals surface area contributed by atoms with Crippen LogP contribution in [0.1, 0.15) is 56.1 Å². The molecule has 1 atom stereocenters. The first-order chi connectivity index (χ1) is 14.5. The third kappa shape index (κ3) is 4.16. The summed E-state index contributed by atoms with van der Waals surface area (Å²) in [6, 6.07) is 14.6. The quantitative estimate of drug-likeness (QED) is 0.639. The first kappa shape index (κ1) is 20.0. The molecule has 4 rings (SSSR count). The topological polar surface area (TPSA) is 70.6 Å². The van der Waals surface area contributed by atoms with Gasteiger partial charge in [-0.05, 0) is 59.8 Å². The van der Waals surface area contributed by atoms with Gasteiger partial charge in [0.1, 0.15) is 11.7 Å². The SMILES string of the molecule is CCC(NC(=O)c1ccc2c(c1)C(NC(=O)c1ccc(F)cc1)=NC2)c1cccs1. The molecule has 0 saturated heterocycles. The summed E-state index contributed by atoms with van der Waals surface area (Å²) in [4.78, 5) is 30.8. The van der Waals surface area contributed by atoms with Crippen molar-refractivity contribution in [3.8, 4) is 0 Å². The fraction of sp³-hybridized carbons (Fsp3) is 0.174. The Morgan fingerprint density at radius 1 is 1.10 bits per heavy atom. The van der Waals surface area contributed by atoms with Gasteiger partial charge >= 0.3 is 0 Å². The third-order valence-corrected chi connectivity index (χ3v) is 5.96. The number of halogens is 1. The van der Waals surface area contributed by atoms with Crippen LogP contribution < -0.4 is 10.6 Å². The van der Waals surface area contributed by atoms with Gasteiger partial charge in [0, 0.05) is 21.6 Å². The number of nitrogens with zero attached hydrogens (tertiary/aromatic N) is 1. The summed E-state index contributed by atoms with van der Waals surface area (Å²) in [6.07, 6.45) is 0.789. The Kier molecular flexibility index (Phi) is 5.72. The van der Waals surface area contributed by atoms with Gasteiger partial charge in [0.2, 0.25) is 0 Å². The van der Waals surface area contributed by atoms with Crippen LogP contribution in [0.25, 0.3) is 0 Å². The van der Waals surface area contributed by atoms with E-state index in [1.807, 2.05) is 30.5 Å². The molecule has 2 amide bonds. The molecule has 3 aromatic rings. The molecular weight excluding hydrogens is 401 g/mol. The number of fused-ring (bicyclic) bond motifs is 1. The highest BCUT2D eigenvalue weighted by molar-refractivity contribution is 7.10. The van der Waals surface area contributed by atoms with Crippen molar-refractivity contribution in [3.05, 3.63) is 92.9 Å². The lowest BCUT2D eigenvalue weighted by molar-refractivity contribution is 0.0935. The molecule has 1 aliphatic rings. The molecule has 5 nitrogen and oxygen atoms in total. The molecule has 2 heterocycles. The van der Waals surface area contributed by atoms with Crippen LogP contribution in [0.2, 0.25) is 0 Å². The molecule has 0 radical (unpaired) electrons. The number of amides is 2. The van der Waals surface area contributed by atoms with Gasteiger partial charge in [-0.25, -0.2) is 4.39 Å². The second-order valence-corrected chi connectivity index (χ2v) is 7.93. The van der Waals surface area contributed by atoms with Crippen LogP contribution in [0.4, 0.5) is 4.39 Å². The Hall–Kier alpha value is -3.32. The number of amidine groups is 1. The number of carbonyl (C=O) groups is 2. The summed E-state index contributed by atoms with van der Waals surface area (Å²) in [5, 5.41) is 7.83. The number of carbonyl (C=O) groups excluding carboxylic acids is 2. The molecule has 1 aliphatic heterocycles. The van der Waals surface area contributed by atoms with Gasteiger partial charge in [-0.2, -0.15) is 0 Å². The van der Waals surface area contributed by atoms with Crippen LogP contribution in [0.5, 0.6) is 0 Å². The average Bonchev–Trinajstić information content (AvgIpc) is 3.42. The number of hydrogen-bond acceptors (Lipinski definition) is 4. The van der Waals surface area contributed by atoms with Crippen LogP contribution in [0, 0.1) is 5.82 Å². The molecule has 0 fully saturated rings. The van der Waals surface area contributed by atoms with E-state index >= 15 is 0 Å². The van der Waals surface area contributed by atoms with E-state index in [0.717, 1.165) is 22.4 Å². The normalized spacial score (nSPS) is 13.3. The Morgan fingerprint density at radius 2 is 1.87 bits per heavy atom. The van der Waals surface area contributed by atoms with Crippen LogP contribution in [-0.4, -0.2) is 17.6 Å². The molecule has 1 aromatic heterocycles. The number of hydrogen-bond donors (Lipinski definition) is 2. The minimum absolute atomic E-state index is 0.0444. The van der Waals surface area contributed by atoms with Crippen molar-refractivity contribution < 1.29 is 14.0 Å². The second-order valence-electron chi connectivity index (χ2n) is 6.95. The standard InChI is InChI=1S/C23H20FN3O2S/c1-2-19(20-4-3-11-30-20)26-23(29)15-5-6-16-13-25-21(18(16)12-15)27-22(28)14-7-9-17(24)10-8-14/h3-12,19H,2,13H2,1H3,(H,26,29)(H,25,27,28). The van der Waals surface area contributed by atoms with E-state index in [1.165, 1.54) is 24.3 Å². The summed E-state index contributed by atoms with van der Waals surface area (Å²) in [5.74, 6) is -0.535. The molecular formula is C23H20FN3O2S. The number of thiophene rings is 1. The number of aliphatic imine (C=N–C) groups is 1. The summed E-state index contributed by atoms with van der Waals surface area (Å²) in [5.41, 5.74) is 2.51. The van der Waals surface area contributed by atoms with Crippen molar-refractivity contribution in [1.29, 1.82) is 0 Å². The largest absolute Gasteiger partial charge is 0.344 e. The van der Waals surface area contributed by atoms with Crippen molar-refractivity contribution in [2.75, 3.05) is 0 Å². The van der Waals surface area contributed by atoms with E-state index in [1.54, 1.807) is 23.5 Å². The Morgan fingerprint density at radius 3 is 2.57 bits per heavy atom. The van der Waals surface area contributed by atoms with Gasteiger partial charge in [0.25, 0.3) is 11.8 Å². The predicted molar refractivity (Wildman–Crippen MR) is 115 cm³/mol. The minimum atomic E-state index is -0.404. The van der Waals surface area contributed by atoms with Gasteiger partial charge < -0.3 is 10.6 Å². The van der Waals surface area contributed by atoms with Gasteiger partial charge in [-0.3, -0.25) is 14.6 Å². The molecule has 0 aliphatic carbocycles. The fourth-order valence-corrected chi connectivity index (χ4v) is 4.18. The summed E-state index contributed by atoms with van der Waals surface area (Å²) in [7, 11) is 0. The van der Waals surface area contributed by atoms with Crippen molar-refractivity contribution in [2.24, 2.45) is 4.99 Å². The maximum Gasteiger partial charge on any atom is 0.256 e.